The first-order valence-electron chi connectivity index (χ1n) is 19.5. The van der Waals surface area contributed by atoms with Crippen LogP contribution in [0.2, 0.25) is 0 Å². The van der Waals surface area contributed by atoms with Crippen molar-refractivity contribution in [1.29, 1.82) is 0 Å². The Kier molecular flexibility index (Phi) is 8.11. The summed E-state index contributed by atoms with van der Waals surface area (Å²) >= 11 is 0. The molecule has 0 spiro atoms. The van der Waals surface area contributed by atoms with Crippen LogP contribution in [0.5, 0.6) is 0 Å². The van der Waals surface area contributed by atoms with Crippen LogP contribution in [0.3, 0.4) is 0 Å². The Labute approximate surface area is 335 Å². The number of hydrogen-bond donors (Lipinski definition) is 0. The van der Waals surface area contributed by atoms with Crippen molar-refractivity contribution in [2.75, 3.05) is 0 Å². The van der Waals surface area contributed by atoms with Crippen molar-refractivity contribution in [3.8, 4) is 67.3 Å². The third-order valence-electron chi connectivity index (χ3n) is 11.0. The minimum absolute atomic E-state index is 0.901. The highest BCUT2D eigenvalue weighted by atomic mass is 14.8. The quantitative estimate of drug-likeness (QED) is 0.159. The van der Waals surface area contributed by atoms with E-state index in [0.29, 0.717) is 0 Å². The largest absolute Gasteiger partial charge is 0.245 e. The molecular formula is C54H34N4. The van der Waals surface area contributed by atoms with E-state index < -0.39 is 0 Å². The van der Waals surface area contributed by atoms with Gasteiger partial charge >= 0.3 is 0 Å². The third-order valence-corrected chi connectivity index (χ3v) is 11.0. The van der Waals surface area contributed by atoms with Gasteiger partial charge in [-0.2, -0.15) is 0 Å². The average molecular weight is 739 g/mol. The van der Waals surface area contributed by atoms with Crippen molar-refractivity contribution in [1.82, 2.24) is 19.9 Å². The van der Waals surface area contributed by atoms with E-state index in [-0.39, 0.29) is 0 Å². The molecule has 0 unspecified atom stereocenters. The van der Waals surface area contributed by atoms with E-state index >= 15 is 0 Å². The van der Waals surface area contributed by atoms with Gasteiger partial charge in [-0.15, -0.1) is 0 Å². The molecule has 0 saturated carbocycles. The number of benzene rings is 7. The minimum Gasteiger partial charge on any atom is -0.245 e. The molecule has 0 aliphatic heterocycles. The van der Waals surface area contributed by atoms with E-state index in [1.54, 1.807) is 0 Å². The summed E-state index contributed by atoms with van der Waals surface area (Å²) in [4.78, 5) is 20.8. The van der Waals surface area contributed by atoms with Gasteiger partial charge in [0.05, 0.1) is 44.8 Å². The first-order valence-corrected chi connectivity index (χ1v) is 19.5. The number of pyridine rings is 4. The van der Waals surface area contributed by atoms with E-state index in [1.165, 1.54) is 0 Å². The fourth-order valence-electron chi connectivity index (χ4n) is 8.08. The van der Waals surface area contributed by atoms with Crippen LogP contribution in [0, 0.1) is 0 Å². The predicted molar refractivity (Wildman–Crippen MR) is 240 cm³/mol. The Morgan fingerprint density at radius 3 is 0.845 bits per heavy atom. The lowest BCUT2D eigenvalue weighted by Gasteiger charge is -2.13. The van der Waals surface area contributed by atoms with Gasteiger partial charge in [0.15, 0.2) is 0 Å². The Morgan fingerprint density at radius 1 is 0.207 bits per heavy atom. The predicted octanol–water partition coefficient (Wildman–Crippen LogP) is 13.9. The fourth-order valence-corrected chi connectivity index (χ4v) is 8.08. The topological polar surface area (TPSA) is 51.6 Å². The van der Waals surface area contributed by atoms with Gasteiger partial charge in [0.25, 0.3) is 0 Å². The standard InChI is InChI=1S/C54H34N4/c1-3-11-35(12-4-1)47-29-25-37-21-23-39-27-31-49(57-53(39)51(37)55-47)43-17-9-15-41(33-43)45-19-7-8-20-46(45)42-16-10-18-44(34-42)50-32-28-40-24-22-38-26-30-48(36-13-5-2-6-14-36)56-52(38)54(40)58-50/h1-34H. The Hall–Kier alpha value is -7.82. The summed E-state index contributed by atoms with van der Waals surface area (Å²) in [6.45, 7) is 0. The van der Waals surface area contributed by atoms with Crippen molar-refractivity contribution in [2.24, 2.45) is 0 Å². The molecular weight excluding hydrogens is 705 g/mol. The molecule has 0 N–H and O–H groups in total. The lowest BCUT2D eigenvalue weighted by atomic mass is 9.92. The van der Waals surface area contributed by atoms with Crippen LogP contribution in [0.1, 0.15) is 0 Å². The first kappa shape index (κ1) is 33.5. The van der Waals surface area contributed by atoms with Crippen LogP contribution in [0.4, 0.5) is 0 Å². The fraction of sp³-hybridized carbons (Fsp3) is 0. The molecule has 0 atom stereocenters. The minimum atomic E-state index is 0.901. The molecule has 0 fully saturated rings. The summed E-state index contributed by atoms with van der Waals surface area (Å²) in [6, 6.07) is 72.2. The molecule has 0 bridgehead atoms. The lowest BCUT2D eigenvalue weighted by molar-refractivity contribution is 1.36. The van der Waals surface area contributed by atoms with Crippen molar-refractivity contribution in [3.63, 3.8) is 0 Å². The second kappa shape index (κ2) is 14.0. The van der Waals surface area contributed by atoms with Crippen molar-refractivity contribution in [2.45, 2.75) is 0 Å². The maximum atomic E-state index is 5.26. The number of rotatable bonds is 6. The van der Waals surface area contributed by atoms with Gasteiger partial charge in [0.1, 0.15) is 0 Å². The van der Waals surface area contributed by atoms with Gasteiger partial charge in [-0.1, -0.05) is 170 Å². The summed E-state index contributed by atoms with van der Waals surface area (Å²) < 4.78 is 0. The summed E-state index contributed by atoms with van der Waals surface area (Å²) in [5, 5.41) is 4.28. The molecule has 11 aromatic rings. The summed E-state index contributed by atoms with van der Waals surface area (Å²) in [5.74, 6) is 0. The number of fused-ring (bicyclic) bond motifs is 6. The second-order valence-corrected chi connectivity index (χ2v) is 14.6. The highest BCUT2D eigenvalue weighted by Crippen LogP contribution is 2.37. The van der Waals surface area contributed by atoms with Crippen molar-refractivity contribution in [3.05, 3.63) is 206 Å². The molecule has 4 heterocycles. The van der Waals surface area contributed by atoms with Crippen LogP contribution < -0.4 is 0 Å². The molecule has 7 aromatic carbocycles. The van der Waals surface area contributed by atoms with Gasteiger partial charge in [0.2, 0.25) is 0 Å². The number of aromatic nitrogens is 4. The highest BCUT2D eigenvalue weighted by molar-refractivity contribution is 6.05. The molecule has 0 amide bonds. The zero-order valence-electron chi connectivity index (χ0n) is 31.4. The van der Waals surface area contributed by atoms with E-state index in [4.69, 9.17) is 19.9 Å². The molecule has 270 valence electrons. The maximum Gasteiger partial charge on any atom is 0.0972 e. The van der Waals surface area contributed by atoms with Crippen LogP contribution in [-0.4, -0.2) is 19.9 Å². The van der Waals surface area contributed by atoms with Crippen LogP contribution in [0.25, 0.3) is 111 Å². The Balaban J connectivity index is 0.965. The van der Waals surface area contributed by atoms with E-state index in [2.05, 4.69) is 170 Å². The number of hydrogen-bond acceptors (Lipinski definition) is 4. The zero-order valence-corrected chi connectivity index (χ0v) is 31.4. The van der Waals surface area contributed by atoms with Crippen LogP contribution >= 0.6 is 0 Å². The summed E-state index contributed by atoms with van der Waals surface area (Å²) in [6.07, 6.45) is 0. The summed E-state index contributed by atoms with van der Waals surface area (Å²) in [7, 11) is 0. The molecule has 0 aliphatic rings. The monoisotopic (exact) mass is 738 g/mol. The zero-order chi connectivity index (χ0) is 38.4. The van der Waals surface area contributed by atoms with E-state index in [0.717, 1.165) is 111 Å². The van der Waals surface area contributed by atoms with Gasteiger partial charge < -0.3 is 0 Å². The van der Waals surface area contributed by atoms with Gasteiger partial charge in [-0.05, 0) is 58.7 Å². The second-order valence-electron chi connectivity index (χ2n) is 14.6. The van der Waals surface area contributed by atoms with Gasteiger partial charge in [0, 0.05) is 43.8 Å². The average Bonchev–Trinajstić information content (AvgIpc) is 3.31. The molecule has 0 saturated heterocycles. The molecule has 4 nitrogen and oxygen atoms in total. The highest BCUT2D eigenvalue weighted by Gasteiger charge is 2.14. The van der Waals surface area contributed by atoms with Gasteiger partial charge in [-0.3, -0.25) is 0 Å². The molecule has 0 radical (unpaired) electrons. The van der Waals surface area contributed by atoms with Crippen molar-refractivity contribution < 1.29 is 0 Å². The molecule has 11 rings (SSSR count). The lowest BCUT2D eigenvalue weighted by Crippen LogP contribution is -1.92. The molecule has 0 aliphatic carbocycles. The van der Waals surface area contributed by atoms with Gasteiger partial charge in [-0.25, -0.2) is 19.9 Å². The SMILES string of the molecule is c1ccc(-c2ccc3ccc4ccc(-c5cccc(-c6ccccc6-c6cccc(-c7ccc8ccc9ccc(-c%10ccccc%10)nc9c8n7)c6)c5)nc4c3n2)cc1. The Morgan fingerprint density at radius 2 is 0.483 bits per heavy atom. The molecule has 4 heteroatoms. The van der Waals surface area contributed by atoms with Crippen LogP contribution in [0.15, 0.2) is 206 Å². The molecule has 58 heavy (non-hydrogen) atoms. The van der Waals surface area contributed by atoms with Crippen molar-refractivity contribution >= 4 is 43.6 Å². The first-order chi connectivity index (χ1) is 28.7. The number of nitrogens with zero attached hydrogens (tertiary/aromatic N) is 4. The van der Waals surface area contributed by atoms with E-state index in [9.17, 15) is 0 Å². The summed E-state index contributed by atoms with van der Waals surface area (Å²) in [5.41, 5.74) is 16.1. The van der Waals surface area contributed by atoms with Crippen LogP contribution in [-0.2, 0) is 0 Å². The third kappa shape index (κ3) is 6.05. The maximum absolute atomic E-state index is 5.26. The smallest absolute Gasteiger partial charge is 0.0972 e. The molecule has 4 aromatic heterocycles. The van der Waals surface area contributed by atoms with E-state index in [1.807, 2.05) is 36.4 Å². The Bertz CT molecular complexity index is 3110. The normalized spacial score (nSPS) is 11.4.